The first-order chi connectivity index (χ1) is 11.6. The van der Waals surface area contributed by atoms with E-state index < -0.39 is 5.97 Å². The SMILES string of the molecule is COC(=O)c1cccc(NC(=O)c2ccc3ccccc3c2)c1O. The van der Waals surface area contributed by atoms with E-state index in [1.54, 1.807) is 18.2 Å². The summed E-state index contributed by atoms with van der Waals surface area (Å²) in [4.78, 5) is 24.0. The summed E-state index contributed by atoms with van der Waals surface area (Å²) in [6.45, 7) is 0. The number of phenolic OH excluding ortho intramolecular Hbond substituents is 1. The molecule has 2 N–H and O–H groups in total. The average molecular weight is 321 g/mol. The van der Waals surface area contributed by atoms with Gasteiger partial charge in [0.1, 0.15) is 5.56 Å². The van der Waals surface area contributed by atoms with Gasteiger partial charge in [-0.05, 0) is 35.0 Å². The van der Waals surface area contributed by atoms with Crippen molar-refractivity contribution in [3.8, 4) is 5.75 Å². The Labute approximate surface area is 138 Å². The van der Waals surface area contributed by atoms with Crippen LogP contribution in [0.4, 0.5) is 5.69 Å². The van der Waals surface area contributed by atoms with Crippen molar-refractivity contribution < 1.29 is 19.4 Å². The fraction of sp³-hybridized carbons (Fsp3) is 0.0526. The summed E-state index contributed by atoms with van der Waals surface area (Å²) in [5, 5.41) is 14.7. The third-order valence-corrected chi connectivity index (χ3v) is 3.70. The Kier molecular flexibility index (Phi) is 4.16. The molecule has 3 aromatic carbocycles. The molecule has 5 heteroatoms. The number of nitrogens with one attached hydrogen (secondary N) is 1. The van der Waals surface area contributed by atoms with Crippen LogP contribution in [0.5, 0.6) is 5.75 Å². The van der Waals surface area contributed by atoms with E-state index in [9.17, 15) is 14.7 Å². The number of esters is 1. The zero-order valence-electron chi connectivity index (χ0n) is 12.9. The number of methoxy groups -OCH3 is 1. The van der Waals surface area contributed by atoms with Crippen LogP contribution in [0.1, 0.15) is 20.7 Å². The molecule has 24 heavy (non-hydrogen) atoms. The summed E-state index contributed by atoms with van der Waals surface area (Å²) >= 11 is 0. The van der Waals surface area contributed by atoms with Crippen LogP contribution in [0.3, 0.4) is 0 Å². The van der Waals surface area contributed by atoms with Gasteiger partial charge in [-0.3, -0.25) is 4.79 Å². The van der Waals surface area contributed by atoms with Crippen molar-refractivity contribution in [2.24, 2.45) is 0 Å². The number of aromatic hydroxyl groups is 1. The Morgan fingerprint density at radius 3 is 2.46 bits per heavy atom. The largest absolute Gasteiger partial charge is 0.505 e. The Morgan fingerprint density at radius 2 is 1.71 bits per heavy atom. The van der Waals surface area contributed by atoms with Gasteiger partial charge in [-0.1, -0.05) is 36.4 Å². The molecule has 0 aliphatic carbocycles. The van der Waals surface area contributed by atoms with Gasteiger partial charge in [0.05, 0.1) is 12.8 Å². The lowest BCUT2D eigenvalue weighted by atomic mass is 10.1. The van der Waals surface area contributed by atoms with Crippen molar-refractivity contribution in [3.63, 3.8) is 0 Å². The van der Waals surface area contributed by atoms with Gasteiger partial charge in [0.2, 0.25) is 0 Å². The van der Waals surface area contributed by atoms with Gasteiger partial charge >= 0.3 is 5.97 Å². The van der Waals surface area contributed by atoms with Crippen molar-refractivity contribution >= 4 is 28.3 Å². The molecule has 0 aliphatic rings. The first-order valence-corrected chi connectivity index (χ1v) is 7.30. The maximum absolute atomic E-state index is 12.4. The summed E-state index contributed by atoms with van der Waals surface area (Å²) < 4.78 is 4.60. The highest BCUT2D eigenvalue weighted by molar-refractivity contribution is 6.08. The zero-order valence-corrected chi connectivity index (χ0v) is 12.9. The number of rotatable bonds is 3. The minimum atomic E-state index is -0.672. The Morgan fingerprint density at radius 1 is 0.958 bits per heavy atom. The summed E-state index contributed by atoms with van der Waals surface area (Å²) in [6, 6.07) is 17.5. The van der Waals surface area contributed by atoms with E-state index in [1.807, 2.05) is 30.3 Å². The van der Waals surface area contributed by atoms with Crippen molar-refractivity contribution in [1.29, 1.82) is 0 Å². The van der Waals surface area contributed by atoms with Gasteiger partial charge in [-0.25, -0.2) is 4.79 Å². The van der Waals surface area contributed by atoms with Crippen molar-refractivity contribution in [3.05, 3.63) is 71.8 Å². The van der Waals surface area contributed by atoms with Crippen LogP contribution < -0.4 is 5.32 Å². The van der Waals surface area contributed by atoms with Crippen LogP contribution >= 0.6 is 0 Å². The lowest BCUT2D eigenvalue weighted by Crippen LogP contribution is -2.13. The lowest BCUT2D eigenvalue weighted by molar-refractivity contribution is 0.0597. The fourth-order valence-corrected chi connectivity index (χ4v) is 2.44. The van der Waals surface area contributed by atoms with E-state index >= 15 is 0 Å². The maximum Gasteiger partial charge on any atom is 0.341 e. The third kappa shape index (κ3) is 2.92. The molecule has 0 atom stereocenters. The van der Waals surface area contributed by atoms with E-state index in [-0.39, 0.29) is 22.9 Å². The Hall–Kier alpha value is -3.34. The highest BCUT2D eigenvalue weighted by atomic mass is 16.5. The number of carbonyl (C=O) groups excluding carboxylic acids is 2. The fourth-order valence-electron chi connectivity index (χ4n) is 2.44. The molecule has 1 amide bonds. The molecule has 3 aromatic rings. The van der Waals surface area contributed by atoms with Gasteiger partial charge in [-0.15, -0.1) is 0 Å². The topological polar surface area (TPSA) is 75.6 Å². The second kappa shape index (κ2) is 6.42. The molecule has 0 saturated heterocycles. The molecular weight excluding hydrogens is 306 g/mol. The number of amides is 1. The molecular formula is C19H15NO4. The standard InChI is InChI=1S/C19H15NO4/c1-24-19(23)15-7-4-8-16(17(15)21)20-18(22)14-10-9-12-5-2-3-6-13(12)11-14/h2-11,21H,1H3,(H,20,22). The number of hydrogen-bond donors (Lipinski definition) is 2. The Balaban J connectivity index is 1.90. The molecule has 0 aromatic heterocycles. The monoisotopic (exact) mass is 321 g/mol. The minimum absolute atomic E-state index is 0.00573. The van der Waals surface area contributed by atoms with Crippen LogP contribution in [-0.4, -0.2) is 24.1 Å². The van der Waals surface area contributed by atoms with Crippen molar-refractivity contribution in [1.82, 2.24) is 0 Å². The van der Waals surface area contributed by atoms with E-state index in [1.165, 1.54) is 19.2 Å². The summed E-state index contributed by atoms with van der Waals surface area (Å²) in [5.41, 5.74) is 0.599. The molecule has 0 unspecified atom stereocenters. The molecule has 0 heterocycles. The predicted octanol–water partition coefficient (Wildman–Crippen LogP) is 3.58. The summed E-state index contributed by atoms with van der Waals surface area (Å²) in [5.74, 6) is -1.37. The van der Waals surface area contributed by atoms with Crippen LogP contribution in [0.25, 0.3) is 10.8 Å². The highest BCUT2D eigenvalue weighted by Gasteiger charge is 2.16. The van der Waals surface area contributed by atoms with Gasteiger partial charge in [0.15, 0.2) is 5.75 Å². The second-order valence-electron chi connectivity index (χ2n) is 5.21. The van der Waals surface area contributed by atoms with Gasteiger partial charge in [0.25, 0.3) is 5.91 Å². The first-order valence-electron chi connectivity index (χ1n) is 7.30. The second-order valence-corrected chi connectivity index (χ2v) is 5.21. The summed E-state index contributed by atoms with van der Waals surface area (Å²) in [6.07, 6.45) is 0. The van der Waals surface area contributed by atoms with Crippen molar-refractivity contribution in [2.75, 3.05) is 12.4 Å². The van der Waals surface area contributed by atoms with Gasteiger partial charge < -0.3 is 15.2 Å². The molecule has 3 rings (SSSR count). The smallest absolute Gasteiger partial charge is 0.341 e. The van der Waals surface area contributed by atoms with Crippen LogP contribution in [-0.2, 0) is 4.74 Å². The van der Waals surface area contributed by atoms with Gasteiger partial charge in [0, 0.05) is 5.56 Å². The maximum atomic E-state index is 12.4. The van der Waals surface area contributed by atoms with E-state index in [0.717, 1.165) is 10.8 Å². The average Bonchev–Trinajstić information content (AvgIpc) is 2.62. The predicted molar refractivity (Wildman–Crippen MR) is 91.3 cm³/mol. The quantitative estimate of drug-likeness (QED) is 0.571. The van der Waals surface area contributed by atoms with Crippen LogP contribution in [0.2, 0.25) is 0 Å². The number of para-hydroxylation sites is 1. The molecule has 5 nitrogen and oxygen atoms in total. The molecule has 0 radical (unpaired) electrons. The van der Waals surface area contributed by atoms with Gasteiger partial charge in [-0.2, -0.15) is 0 Å². The lowest BCUT2D eigenvalue weighted by Gasteiger charge is -2.10. The number of carbonyl (C=O) groups is 2. The molecule has 0 bridgehead atoms. The van der Waals surface area contributed by atoms with E-state index in [4.69, 9.17) is 0 Å². The van der Waals surface area contributed by atoms with Crippen LogP contribution in [0, 0.1) is 0 Å². The van der Waals surface area contributed by atoms with E-state index in [0.29, 0.717) is 5.56 Å². The van der Waals surface area contributed by atoms with E-state index in [2.05, 4.69) is 10.1 Å². The first kappa shape index (κ1) is 15.6. The normalized spacial score (nSPS) is 10.4. The Bertz CT molecular complexity index is 934. The number of ether oxygens (including phenoxy) is 1. The zero-order chi connectivity index (χ0) is 17.1. The number of phenols is 1. The number of fused-ring (bicyclic) bond motifs is 1. The van der Waals surface area contributed by atoms with Crippen LogP contribution in [0.15, 0.2) is 60.7 Å². The molecule has 120 valence electrons. The third-order valence-electron chi connectivity index (χ3n) is 3.70. The number of anilines is 1. The van der Waals surface area contributed by atoms with Crippen molar-refractivity contribution in [2.45, 2.75) is 0 Å². The molecule has 0 fully saturated rings. The molecule has 0 spiro atoms. The number of benzene rings is 3. The minimum Gasteiger partial charge on any atom is -0.505 e. The number of hydrogen-bond acceptors (Lipinski definition) is 4. The summed E-state index contributed by atoms with van der Waals surface area (Å²) in [7, 11) is 1.22. The highest BCUT2D eigenvalue weighted by Crippen LogP contribution is 2.28. The molecule has 0 aliphatic heterocycles. The molecule has 0 saturated carbocycles.